The van der Waals surface area contributed by atoms with Gasteiger partial charge < -0.3 is 10.2 Å². The maximum absolute atomic E-state index is 12.3. The quantitative estimate of drug-likeness (QED) is 0.856. The summed E-state index contributed by atoms with van der Waals surface area (Å²) in [5, 5.41) is 12.0. The standard InChI is InChI=1S/C19H18BrN3O/c1-13-16(10-21)6-4-8-18(13)22-19(24)23-11-14(12-23)9-15-5-2-3-7-17(15)20/h2-8,14H,9,11-12H2,1H3,(H,22,24). The molecule has 0 aromatic heterocycles. The Morgan fingerprint density at radius 1 is 1.29 bits per heavy atom. The lowest BCUT2D eigenvalue weighted by molar-refractivity contribution is 0.131. The van der Waals surface area contributed by atoms with Crippen molar-refractivity contribution < 1.29 is 4.79 Å². The highest BCUT2D eigenvalue weighted by Gasteiger charge is 2.31. The Hall–Kier alpha value is -2.32. The van der Waals surface area contributed by atoms with Crippen molar-refractivity contribution in [3.05, 3.63) is 63.6 Å². The number of nitrogens with zero attached hydrogens (tertiary/aromatic N) is 2. The second kappa shape index (κ2) is 7.06. The van der Waals surface area contributed by atoms with Crippen molar-refractivity contribution in [2.24, 2.45) is 5.92 Å². The number of halogens is 1. The van der Waals surface area contributed by atoms with Crippen molar-refractivity contribution >= 4 is 27.6 Å². The molecular weight excluding hydrogens is 366 g/mol. The van der Waals surface area contributed by atoms with E-state index in [4.69, 9.17) is 5.26 Å². The van der Waals surface area contributed by atoms with Gasteiger partial charge in [-0.1, -0.05) is 40.2 Å². The number of hydrogen-bond donors (Lipinski definition) is 1. The molecule has 5 heteroatoms. The first-order valence-corrected chi connectivity index (χ1v) is 8.67. The van der Waals surface area contributed by atoms with Crippen molar-refractivity contribution in [2.75, 3.05) is 18.4 Å². The topological polar surface area (TPSA) is 56.1 Å². The predicted molar refractivity (Wildman–Crippen MR) is 97.8 cm³/mol. The third-order valence-corrected chi connectivity index (χ3v) is 5.18. The summed E-state index contributed by atoms with van der Waals surface area (Å²) in [6.45, 7) is 3.36. The van der Waals surface area contributed by atoms with E-state index in [-0.39, 0.29) is 6.03 Å². The molecule has 0 bridgehead atoms. The molecule has 24 heavy (non-hydrogen) atoms. The Morgan fingerprint density at radius 3 is 2.75 bits per heavy atom. The molecule has 0 spiro atoms. The van der Waals surface area contributed by atoms with Gasteiger partial charge in [-0.25, -0.2) is 4.79 Å². The average molecular weight is 384 g/mol. The van der Waals surface area contributed by atoms with Crippen molar-refractivity contribution in [1.82, 2.24) is 4.90 Å². The Kier molecular flexibility index (Phi) is 4.86. The van der Waals surface area contributed by atoms with E-state index in [0.717, 1.165) is 29.5 Å². The normalized spacial score (nSPS) is 14.0. The van der Waals surface area contributed by atoms with Crippen LogP contribution in [0.2, 0.25) is 0 Å². The number of carbonyl (C=O) groups is 1. The maximum Gasteiger partial charge on any atom is 0.321 e. The van der Waals surface area contributed by atoms with Gasteiger partial charge in [0.15, 0.2) is 0 Å². The molecule has 1 heterocycles. The first-order chi connectivity index (χ1) is 11.6. The molecule has 0 aliphatic carbocycles. The van der Waals surface area contributed by atoms with E-state index >= 15 is 0 Å². The number of rotatable bonds is 3. The van der Waals surface area contributed by atoms with Gasteiger partial charge in [-0.15, -0.1) is 0 Å². The number of nitriles is 1. The van der Waals surface area contributed by atoms with Crippen LogP contribution in [0.1, 0.15) is 16.7 Å². The minimum Gasteiger partial charge on any atom is -0.324 e. The first-order valence-electron chi connectivity index (χ1n) is 7.87. The second-order valence-corrected chi connectivity index (χ2v) is 6.94. The number of anilines is 1. The summed E-state index contributed by atoms with van der Waals surface area (Å²) in [4.78, 5) is 14.1. The van der Waals surface area contributed by atoms with E-state index in [0.29, 0.717) is 17.2 Å². The van der Waals surface area contributed by atoms with Crippen LogP contribution in [0.25, 0.3) is 0 Å². The van der Waals surface area contributed by atoms with E-state index in [1.165, 1.54) is 5.56 Å². The number of likely N-dealkylation sites (tertiary alicyclic amines) is 1. The fourth-order valence-electron chi connectivity index (χ4n) is 2.93. The van der Waals surface area contributed by atoms with Gasteiger partial charge in [-0.3, -0.25) is 0 Å². The summed E-state index contributed by atoms with van der Waals surface area (Å²) < 4.78 is 1.12. The predicted octanol–water partition coefficient (Wildman–Crippen LogP) is 4.34. The highest BCUT2D eigenvalue weighted by atomic mass is 79.9. The van der Waals surface area contributed by atoms with E-state index in [1.54, 1.807) is 17.0 Å². The zero-order valence-corrected chi connectivity index (χ0v) is 15.0. The number of carbonyl (C=O) groups excluding carboxylic acids is 1. The molecule has 1 aliphatic rings. The minimum atomic E-state index is -0.100. The van der Waals surface area contributed by atoms with Crippen LogP contribution >= 0.6 is 15.9 Å². The Morgan fingerprint density at radius 2 is 2.04 bits per heavy atom. The monoisotopic (exact) mass is 383 g/mol. The SMILES string of the molecule is Cc1c(C#N)cccc1NC(=O)N1CC(Cc2ccccc2Br)C1. The number of benzene rings is 2. The molecule has 3 rings (SSSR count). The van der Waals surface area contributed by atoms with Crippen LogP contribution in [0, 0.1) is 24.2 Å². The number of nitrogens with one attached hydrogen (secondary N) is 1. The van der Waals surface area contributed by atoms with Crippen molar-refractivity contribution in [3.8, 4) is 6.07 Å². The van der Waals surface area contributed by atoms with Crippen LogP contribution in [-0.2, 0) is 6.42 Å². The molecule has 1 N–H and O–H groups in total. The van der Waals surface area contributed by atoms with Crippen molar-refractivity contribution in [2.45, 2.75) is 13.3 Å². The minimum absolute atomic E-state index is 0.100. The summed E-state index contributed by atoms with van der Waals surface area (Å²) in [6.07, 6.45) is 0.966. The average Bonchev–Trinajstić information content (AvgIpc) is 2.54. The van der Waals surface area contributed by atoms with Crippen molar-refractivity contribution in [1.29, 1.82) is 5.26 Å². The number of hydrogen-bond acceptors (Lipinski definition) is 2. The zero-order valence-electron chi connectivity index (χ0n) is 13.4. The van der Waals surface area contributed by atoms with Gasteiger partial charge in [0.2, 0.25) is 0 Å². The number of urea groups is 1. The van der Waals surface area contributed by atoms with E-state index in [2.05, 4.69) is 33.4 Å². The molecule has 2 aromatic rings. The summed E-state index contributed by atoms with van der Waals surface area (Å²) in [6, 6.07) is 15.6. The zero-order chi connectivity index (χ0) is 17.1. The van der Waals surface area contributed by atoms with E-state index < -0.39 is 0 Å². The summed E-state index contributed by atoms with van der Waals surface area (Å²) in [5.41, 5.74) is 3.37. The fraction of sp³-hybridized carbons (Fsp3) is 0.263. The van der Waals surface area contributed by atoms with Gasteiger partial charge in [0.05, 0.1) is 11.6 Å². The smallest absolute Gasteiger partial charge is 0.321 e. The lowest BCUT2D eigenvalue weighted by Gasteiger charge is -2.39. The van der Waals surface area contributed by atoms with Gasteiger partial charge >= 0.3 is 6.03 Å². The largest absolute Gasteiger partial charge is 0.324 e. The van der Waals surface area contributed by atoms with E-state index in [1.807, 2.05) is 31.2 Å². The third kappa shape index (κ3) is 3.44. The van der Waals surface area contributed by atoms with Gasteiger partial charge in [-0.2, -0.15) is 5.26 Å². The Balaban J connectivity index is 1.56. The third-order valence-electron chi connectivity index (χ3n) is 4.41. The molecule has 1 saturated heterocycles. The Bertz CT molecular complexity index is 806. The molecule has 2 aromatic carbocycles. The van der Waals surface area contributed by atoms with Gasteiger partial charge in [0, 0.05) is 23.2 Å². The van der Waals surface area contributed by atoms with E-state index in [9.17, 15) is 4.79 Å². The highest BCUT2D eigenvalue weighted by Crippen LogP contribution is 2.26. The van der Waals surface area contributed by atoms with Gasteiger partial charge in [0.25, 0.3) is 0 Å². The number of amides is 2. The van der Waals surface area contributed by atoms with Gasteiger partial charge in [0.1, 0.15) is 0 Å². The fourth-order valence-corrected chi connectivity index (χ4v) is 3.37. The lowest BCUT2D eigenvalue weighted by atomic mass is 9.92. The van der Waals surface area contributed by atoms with Crippen LogP contribution in [0.5, 0.6) is 0 Å². The Labute approximate surface area is 150 Å². The lowest BCUT2D eigenvalue weighted by Crippen LogP contribution is -2.52. The molecule has 4 nitrogen and oxygen atoms in total. The summed E-state index contributed by atoms with van der Waals surface area (Å²) in [5.74, 6) is 0.487. The molecule has 2 amide bonds. The molecular formula is C19H18BrN3O. The summed E-state index contributed by atoms with van der Waals surface area (Å²) in [7, 11) is 0. The van der Waals surface area contributed by atoms with Gasteiger partial charge in [-0.05, 0) is 48.6 Å². The van der Waals surface area contributed by atoms with Crippen LogP contribution in [-0.4, -0.2) is 24.0 Å². The molecule has 1 aliphatic heterocycles. The van der Waals surface area contributed by atoms with Crippen LogP contribution in [0.3, 0.4) is 0 Å². The highest BCUT2D eigenvalue weighted by molar-refractivity contribution is 9.10. The van der Waals surface area contributed by atoms with Crippen LogP contribution in [0.4, 0.5) is 10.5 Å². The molecule has 1 fully saturated rings. The molecule has 122 valence electrons. The van der Waals surface area contributed by atoms with Crippen LogP contribution in [0.15, 0.2) is 46.9 Å². The molecule has 0 atom stereocenters. The molecule has 0 saturated carbocycles. The molecule has 0 unspecified atom stereocenters. The first kappa shape index (κ1) is 16.5. The second-order valence-electron chi connectivity index (χ2n) is 6.09. The van der Waals surface area contributed by atoms with Crippen molar-refractivity contribution in [3.63, 3.8) is 0 Å². The summed E-state index contributed by atoms with van der Waals surface area (Å²) >= 11 is 3.57. The molecule has 0 radical (unpaired) electrons. The van der Waals surface area contributed by atoms with Crippen LogP contribution < -0.4 is 5.32 Å². The maximum atomic E-state index is 12.3.